The molecule has 0 fully saturated rings. The van der Waals surface area contributed by atoms with Gasteiger partial charge in [-0.1, -0.05) is 0 Å². The zero-order valence-corrected chi connectivity index (χ0v) is 10.4. The molecule has 0 saturated heterocycles. The smallest absolute Gasteiger partial charge is 0.309 e. The summed E-state index contributed by atoms with van der Waals surface area (Å²) >= 11 is 0. The standard InChI is InChI=1S/C13H17F2NO2/c1-13(2,12(17)18)4-3-11(16)8-5-9(14)7-10(15)6-8/h5-7,11H,3-4,16H2,1-2H3,(H,17,18)/t11-/m0/s1. The molecular formula is C13H17F2NO2. The number of carboxylic acids is 1. The van der Waals surface area contributed by atoms with Gasteiger partial charge in [-0.25, -0.2) is 8.78 Å². The Morgan fingerprint density at radius 1 is 1.33 bits per heavy atom. The van der Waals surface area contributed by atoms with Crippen molar-refractivity contribution in [2.45, 2.75) is 32.7 Å². The number of benzene rings is 1. The molecule has 0 spiro atoms. The van der Waals surface area contributed by atoms with Crippen molar-refractivity contribution >= 4 is 5.97 Å². The van der Waals surface area contributed by atoms with Gasteiger partial charge in [0, 0.05) is 12.1 Å². The fourth-order valence-corrected chi connectivity index (χ4v) is 1.58. The molecule has 0 aliphatic carbocycles. The summed E-state index contributed by atoms with van der Waals surface area (Å²) in [7, 11) is 0. The Morgan fingerprint density at radius 3 is 2.28 bits per heavy atom. The highest BCUT2D eigenvalue weighted by molar-refractivity contribution is 5.73. The van der Waals surface area contributed by atoms with Gasteiger partial charge in [0.1, 0.15) is 11.6 Å². The van der Waals surface area contributed by atoms with Crippen LogP contribution in [0.4, 0.5) is 8.78 Å². The van der Waals surface area contributed by atoms with Crippen LogP contribution >= 0.6 is 0 Å². The molecule has 18 heavy (non-hydrogen) atoms. The van der Waals surface area contributed by atoms with Crippen LogP contribution in [-0.4, -0.2) is 11.1 Å². The number of nitrogens with two attached hydrogens (primary N) is 1. The Labute approximate surface area is 105 Å². The van der Waals surface area contributed by atoms with Crippen LogP contribution in [0.5, 0.6) is 0 Å². The minimum Gasteiger partial charge on any atom is -0.481 e. The van der Waals surface area contributed by atoms with Crippen molar-refractivity contribution in [3.63, 3.8) is 0 Å². The topological polar surface area (TPSA) is 63.3 Å². The highest BCUT2D eigenvalue weighted by Gasteiger charge is 2.27. The molecule has 1 aromatic carbocycles. The summed E-state index contributed by atoms with van der Waals surface area (Å²) in [6.45, 7) is 3.18. The maximum atomic E-state index is 13.0. The first-order chi connectivity index (χ1) is 8.22. The van der Waals surface area contributed by atoms with Crippen LogP contribution in [0.1, 0.15) is 38.3 Å². The fraction of sp³-hybridized carbons (Fsp3) is 0.462. The summed E-state index contributed by atoms with van der Waals surface area (Å²) in [5.41, 5.74) is 5.26. The third-order valence-corrected chi connectivity index (χ3v) is 2.97. The first-order valence-corrected chi connectivity index (χ1v) is 5.67. The average molecular weight is 257 g/mol. The van der Waals surface area contributed by atoms with Gasteiger partial charge in [0.2, 0.25) is 0 Å². The highest BCUT2D eigenvalue weighted by Crippen LogP contribution is 2.27. The predicted molar refractivity (Wildman–Crippen MR) is 63.9 cm³/mol. The maximum absolute atomic E-state index is 13.0. The second-order valence-corrected chi connectivity index (χ2v) is 5.04. The Hall–Kier alpha value is -1.49. The number of carbonyl (C=O) groups is 1. The average Bonchev–Trinajstić information content (AvgIpc) is 2.24. The van der Waals surface area contributed by atoms with E-state index in [4.69, 9.17) is 10.8 Å². The van der Waals surface area contributed by atoms with Gasteiger partial charge in [-0.3, -0.25) is 4.79 Å². The Kier molecular flexibility index (Phi) is 4.40. The SMILES string of the molecule is CC(C)(CC[C@H](N)c1cc(F)cc(F)c1)C(=O)O. The van der Waals surface area contributed by atoms with Crippen LogP contribution < -0.4 is 5.73 Å². The third-order valence-electron chi connectivity index (χ3n) is 2.97. The van der Waals surface area contributed by atoms with E-state index in [2.05, 4.69) is 0 Å². The molecule has 0 bridgehead atoms. The molecule has 1 aromatic rings. The molecule has 1 rings (SSSR count). The highest BCUT2D eigenvalue weighted by atomic mass is 19.1. The van der Waals surface area contributed by atoms with E-state index in [1.54, 1.807) is 13.8 Å². The van der Waals surface area contributed by atoms with Gasteiger partial charge in [-0.2, -0.15) is 0 Å². The van der Waals surface area contributed by atoms with Crippen LogP contribution in [0.15, 0.2) is 18.2 Å². The molecule has 0 aliphatic rings. The van der Waals surface area contributed by atoms with E-state index in [0.717, 1.165) is 6.07 Å². The van der Waals surface area contributed by atoms with Crippen LogP contribution in [0.25, 0.3) is 0 Å². The third kappa shape index (κ3) is 3.77. The van der Waals surface area contributed by atoms with Crippen molar-refractivity contribution in [1.82, 2.24) is 0 Å². The van der Waals surface area contributed by atoms with Gasteiger partial charge < -0.3 is 10.8 Å². The minimum absolute atomic E-state index is 0.335. The number of hydrogen-bond acceptors (Lipinski definition) is 2. The molecule has 5 heteroatoms. The first-order valence-electron chi connectivity index (χ1n) is 5.67. The zero-order chi connectivity index (χ0) is 13.9. The lowest BCUT2D eigenvalue weighted by Gasteiger charge is -2.21. The summed E-state index contributed by atoms with van der Waals surface area (Å²) in [5.74, 6) is -2.28. The summed E-state index contributed by atoms with van der Waals surface area (Å²) in [6, 6.07) is 2.54. The Morgan fingerprint density at radius 2 is 1.83 bits per heavy atom. The van der Waals surface area contributed by atoms with Crippen molar-refractivity contribution in [1.29, 1.82) is 0 Å². The van der Waals surface area contributed by atoms with Gasteiger partial charge >= 0.3 is 5.97 Å². The van der Waals surface area contributed by atoms with E-state index < -0.39 is 29.1 Å². The van der Waals surface area contributed by atoms with Crippen molar-refractivity contribution < 1.29 is 18.7 Å². The summed E-state index contributed by atoms with van der Waals surface area (Å²) < 4.78 is 26.0. The summed E-state index contributed by atoms with van der Waals surface area (Å²) in [6.07, 6.45) is 0.684. The van der Waals surface area contributed by atoms with Crippen LogP contribution in [-0.2, 0) is 4.79 Å². The monoisotopic (exact) mass is 257 g/mol. The molecule has 0 aromatic heterocycles. The lowest BCUT2D eigenvalue weighted by molar-refractivity contribution is -0.147. The Bertz CT molecular complexity index is 426. The normalized spacial score (nSPS) is 13.4. The van der Waals surface area contributed by atoms with Crippen molar-refractivity contribution in [3.8, 4) is 0 Å². The van der Waals surface area contributed by atoms with E-state index in [0.29, 0.717) is 18.4 Å². The largest absolute Gasteiger partial charge is 0.481 e. The number of halogens is 2. The molecule has 0 saturated carbocycles. The quantitative estimate of drug-likeness (QED) is 0.852. The molecule has 0 unspecified atom stereocenters. The number of carboxylic acid groups (broad SMARTS) is 1. The number of aliphatic carboxylic acids is 1. The van der Waals surface area contributed by atoms with Gasteiger partial charge in [-0.15, -0.1) is 0 Å². The molecule has 0 radical (unpaired) electrons. The molecule has 0 heterocycles. The molecule has 3 N–H and O–H groups in total. The van der Waals surface area contributed by atoms with Crippen LogP contribution in [0, 0.1) is 17.0 Å². The Balaban J connectivity index is 2.71. The number of rotatable bonds is 5. The second-order valence-electron chi connectivity index (χ2n) is 5.04. The molecule has 3 nitrogen and oxygen atoms in total. The van der Waals surface area contributed by atoms with Crippen LogP contribution in [0.2, 0.25) is 0 Å². The minimum atomic E-state index is -0.917. The van der Waals surface area contributed by atoms with E-state index in [-0.39, 0.29) is 0 Å². The second kappa shape index (κ2) is 5.44. The van der Waals surface area contributed by atoms with Crippen molar-refractivity contribution in [2.75, 3.05) is 0 Å². The van der Waals surface area contributed by atoms with Gasteiger partial charge in [0.15, 0.2) is 0 Å². The molecular weight excluding hydrogens is 240 g/mol. The summed E-state index contributed by atoms with van der Waals surface area (Å²) in [4.78, 5) is 10.9. The predicted octanol–water partition coefficient (Wildman–Crippen LogP) is 2.86. The van der Waals surface area contributed by atoms with Gasteiger partial charge in [0.05, 0.1) is 5.41 Å². The lowest BCUT2D eigenvalue weighted by Crippen LogP contribution is -2.25. The van der Waals surface area contributed by atoms with Crippen molar-refractivity contribution in [2.24, 2.45) is 11.1 Å². The van der Waals surface area contributed by atoms with Gasteiger partial charge in [0.25, 0.3) is 0 Å². The van der Waals surface area contributed by atoms with Gasteiger partial charge in [-0.05, 0) is 44.4 Å². The lowest BCUT2D eigenvalue weighted by atomic mass is 9.85. The first kappa shape index (κ1) is 14.6. The number of hydrogen-bond donors (Lipinski definition) is 2. The van der Waals surface area contributed by atoms with E-state index >= 15 is 0 Å². The maximum Gasteiger partial charge on any atom is 0.309 e. The molecule has 0 aliphatic heterocycles. The zero-order valence-electron chi connectivity index (χ0n) is 10.4. The van der Waals surface area contributed by atoms with Crippen LogP contribution in [0.3, 0.4) is 0 Å². The molecule has 100 valence electrons. The molecule has 0 amide bonds. The van der Waals surface area contributed by atoms with E-state index in [9.17, 15) is 13.6 Å². The van der Waals surface area contributed by atoms with E-state index in [1.807, 2.05) is 0 Å². The van der Waals surface area contributed by atoms with Crippen molar-refractivity contribution in [3.05, 3.63) is 35.4 Å². The summed E-state index contributed by atoms with van der Waals surface area (Å²) in [5, 5.41) is 8.95. The fourth-order valence-electron chi connectivity index (χ4n) is 1.58. The van der Waals surface area contributed by atoms with E-state index in [1.165, 1.54) is 12.1 Å². The molecule has 1 atom stereocenters.